The van der Waals surface area contributed by atoms with Gasteiger partial charge in [0.2, 0.25) is 0 Å². The quantitative estimate of drug-likeness (QED) is 0.465. The SMILES string of the molecule is CCOC(=O)[C@@H]1C[C@H](N)[C@H](O)[C@H]1O. The van der Waals surface area contributed by atoms with Crippen LogP contribution >= 0.6 is 0 Å². The molecule has 4 N–H and O–H groups in total. The summed E-state index contributed by atoms with van der Waals surface area (Å²) in [6.45, 7) is 1.96. The second kappa shape index (κ2) is 4.04. The second-order valence-electron chi connectivity index (χ2n) is 3.24. The Morgan fingerprint density at radius 2 is 2.15 bits per heavy atom. The number of rotatable bonds is 2. The van der Waals surface area contributed by atoms with E-state index < -0.39 is 30.1 Å². The van der Waals surface area contributed by atoms with E-state index in [-0.39, 0.29) is 13.0 Å². The van der Waals surface area contributed by atoms with Crippen LogP contribution in [0.2, 0.25) is 0 Å². The summed E-state index contributed by atoms with van der Waals surface area (Å²) in [5.41, 5.74) is 5.48. The van der Waals surface area contributed by atoms with Crippen molar-refractivity contribution in [1.29, 1.82) is 0 Å². The summed E-state index contributed by atoms with van der Waals surface area (Å²) in [5, 5.41) is 18.7. The van der Waals surface area contributed by atoms with E-state index in [1.807, 2.05) is 0 Å². The summed E-state index contributed by atoms with van der Waals surface area (Å²) in [4.78, 5) is 11.2. The lowest BCUT2D eigenvalue weighted by Gasteiger charge is -2.14. The average molecular weight is 189 g/mol. The number of aliphatic hydroxyl groups is 2. The van der Waals surface area contributed by atoms with Gasteiger partial charge in [0.1, 0.15) is 0 Å². The van der Waals surface area contributed by atoms with Crippen molar-refractivity contribution in [2.24, 2.45) is 11.7 Å². The number of hydrogen-bond donors (Lipinski definition) is 3. The molecule has 0 aromatic carbocycles. The van der Waals surface area contributed by atoms with Gasteiger partial charge in [0.25, 0.3) is 0 Å². The molecule has 0 heterocycles. The molecule has 0 amide bonds. The summed E-state index contributed by atoms with van der Waals surface area (Å²) in [7, 11) is 0. The van der Waals surface area contributed by atoms with Crippen molar-refractivity contribution in [3.8, 4) is 0 Å². The predicted octanol–water partition coefficient (Wildman–Crippen LogP) is -1.38. The Kier molecular flexibility index (Phi) is 3.24. The van der Waals surface area contributed by atoms with E-state index in [9.17, 15) is 15.0 Å². The first-order chi connectivity index (χ1) is 6.07. The molecule has 1 aliphatic rings. The number of nitrogens with two attached hydrogens (primary N) is 1. The molecule has 0 aliphatic heterocycles. The highest BCUT2D eigenvalue weighted by atomic mass is 16.5. The minimum absolute atomic E-state index is 0.271. The molecule has 13 heavy (non-hydrogen) atoms. The van der Waals surface area contributed by atoms with Crippen molar-refractivity contribution in [1.82, 2.24) is 0 Å². The first-order valence-electron chi connectivity index (χ1n) is 4.36. The van der Waals surface area contributed by atoms with Crippen LogP contribution in [0, 0.1) is 5.92 Å². The molecule has 0 bridgehead atoms. The summed E-state index contributed by atoms with van der Waals surface area (Å²) in [5.74, 6) is -1.16. The third-order valence-corrected chi connectivity index (χ3v) is 2.32. The number of esters is 1. The molecule has 4 atom stereocenters. The van der Waals surface area contributed by atoms with Crippen molar-refractivity contribution in [2.75, 3.05) is 6.61 Å². The monoisotopic (exact) mass is 189 g/mol. The molecule has 0 radical (unpaired) electrons. The lowest BCUT2D eigenvalue weighted by atomic mass is 10.1. The highest BCUT2D eigenvalue weighted by Crippen LogP contribution is 2.26. The van der Waals surface area contributed by atoms with Crippen LogP contribution in [0.25, 0.3) is 0 Å². The number of hydrogen-bond acceptors (Lipinski definition) is 5. The van der Waals surface area contributed by atoms with Gasteiger partial charge >= 0.3 is 5.97 Å². The molecule has 76 valence electrons. The first-order valence-corrected chi connectivity index (χ1v) is 4.36. The van der Waals surface area contributed by atoms with Gasteiger partial charge in [0, 0.05) is 6.04 Å². The van der Waals surface area contributed by atoms with E-state index in [0.717, 1.165) is 0 Å². The van der Waals surface area contributed by atoms with Gasteiger partial charge < -0.3 is 20.7 Å². The molecule has 1 fully saturated rings. The van der Waals surface area contributed by atoms with Gasteiger partial charge in [0.15, 0.2) is 0 Å². The molecule has 0 spiro atoms. The van der Waals surface area contributed by atoms with Gasteiger partial charge in [-0.2, -0.15) is 0 Å². The van der Waals surface area contributed by atoms with E-state index in [4.69, 9.17) is 10.5 Å². The third kappa shape index (κ3) is 1.99. The highest BCUT2D eigenvalue weighted by Gasteiger charge is 2.44. The molecule has 1 rings (SSSR count). The van der Waals surface area contributed by atoms with Crippen LogP contribution in [0.15, 0.2) is 0 Å². The van der Waals surface area contributed by atoms with Crippen LogP contribution in [0.4, 0.5) is 0 Å². The van der Waals surface area contributed by atoms with E-state index in [1.165, 1.54) is 0 Å². The molecule has 1 aliphatic carbocycles. The summed E-state index contributed by atoms with van der Waals surface area (Å²) in [6.07, 6.45) is -1.83. The third-order valence-electron chi connectivity index (χ3n) is 2.32. The highest BCUT2D eigenvalue weighted by molar-refractivity contribution is 5.73. The molecule has 0 aromatic rings. The molecular weight excluding hydrogens is 174 g/mol. The normalized spacial score (nSPS) is 39.1. The lowest BCUT2D eigenvalue weighted by molar-refractivity contribution is -0.152. The summed E-state index contributed by atoms with van der Waals surface area (Å²) < 4.78 is 4.73. The largest absolute Gasteiger partial charge is 0.466 e. The minimum Gasteiger partial charge on any atom is -0.466 e. The molecule has 0 aromatic heterocycles. The number of carbonyl (C=O) groups excluding carboxylic acids is 1. The average Bonchev–Trinajstić information content (AvgIpc) is 2.33. The summed E-state index contributed by atoms with van der Waals surface area (Å²) in [6, 6.07) is -0.538. The van der Waals surface area contributed by atoms with Crippen molar-refractivity contribution in [3.63, 3.8) is 0 Å². The smallest absolute Gasteiger partial charge is 0.311 e. The van der Waals surface area contributed by atoms with Crippen LogP contribution in [-0.4, -0.2) is 41.0 Å². The van der Waals surface area contributed by atoms with Crippen LogP contribution < -0.4 is 5.73 Å². The molecule has 5 heteroatoms. The Morgan fingerprint density at radius 3 is 2.54 bits per heavy atom. The minimum atomic E-state index is -1.09. The fourth-order valence-electron chi connectivity index (χ4n) is 1.55. The van der Waals surface area contributed by atoms with Gasteiger partial charge in [-0.05, 0) is 13.3 Å². The van der Waals surface area contributed by atoms with Gasteiger partial charge in [0.05, 0.1) is 24.7 Å². The molecule has 0 saturated heterocycles. The summed E-state index contributed by atoms with van der Waals surface area (Å²) >= 11 is 0. The van der Waals surface area contributed by atoms with Gasteiger partial charge in [-0.3, -0.25) is 4.79 Å². The second-order valence-corrected chi connectivity index (χ2v) is 3.24. The standard InChI is InChI=1S/C8H15NO4/c1-2-13-8(12)4-3-5(9)7(11)6(4)10/h4-7,10-11H,2-3,9H2,1H3/t4-,5+,6+,7+/m1/s1. The fraction of sp³-hybridized carbons (Fsp3) is 0.875. The molecule has 0 unspecified atom stereocenters. The van der Waals surface area contributed by atoms with E-state index in [1.54, 1.807) is 6.92 Å². The Hall–Kier alpha value is -0.650. The topological polar surface area (TPSA) is 92.8 Å². The molecule has 1 saturated carbocycles. The molecule has 5 nitrogen and oxygen atoms in total. The van der Waals surface area contributed by atoms with Crippen molar-refractivity contribution < 1.29 is 19.7 Å². The van der Waals surface area contributed by atoms with Crippen molar-refractivity contribution >= 4 is 5.97 Å². The maximum Gasteiger partial charge on any atom is 0.311 e. The van der Waals surface area contributed by atoms with E-state index in [2.05, 4.69) is 0 Å². The zero-order valence-corrected chi connectivity index (χ0v) is 7.51. The van der Waals surface area contributed by atoms with Crippen LogP contribution in [0.5, 0.6) is 0 Å². The Balaban J connectivity index is 2.57. The van der Waals surface area contributed by atoms with Crippen LogP contribution in [-0.2, 0) is 9.53 Å². The van der Waals surface area contributed by atoms with Gasteiger partial charge in [-0.1, -0.05) is 0 Å². The zero-order chi connectivity index (χ0) is 10.0. The maximum absolute atomic E-state index is 11.2. The Bertz CT molecular complexity index is 197. The van der Waals surface area contributed by atoms with Crippen LogP contribution in [0.3, 0.4) is 0 Å². The van der Waals surface area contributed by atoms with E-state index >= 15 is 0 Å². The maximum atomic E-state index is 11.2. The van der Waals surface area contributed by atoms with E-state index in [0.29, 0.717) is 0 Å². The first kappa shape index (κ1) is 10.4. The Morgan fingerprint density at radius 1 is 1.54 bits per heavy atom. The van der Waals surface area contributed by atoms with Crippen LogP contribution in [0.1, 0.15) is 13.3 Å². The number of aliphatic hydroxyl groups excluding tert-OH is 2. The van der Waals surface area contributed by atoms with Gasteiger partial charge in [-0.25, -0.2) is 0 Å². The van der Waals surface area contributed by atoms with Crippen molar-refractivity contribution in [3.05, 3.63) is 0 Å². The van der Waals surface area contributed by atoms with Gasteiger partial charge in [-0.15, -0.1) is 0 Å². The number of ether oxygens (including phenoxy) is 1. The predicted molar refractivity (Wildman–Crippen MR) is 44.7 cm³/mol. The lowest BCUT2D eigenvalue weighted by Crippen LogP contribution is -2.36. The zero-order valence-electron chi connectivity index (χ0n) is 7.51. The number of carbonyl (C=O) groups is 1. The fourth-order valence-corrected chi connectivity index (χ4v) is 1.55. The van der Waals surface area contributed by atoms with Crippen molar-refractivity contribution in [2.45, 2.75) is 31.6 Å². The Labute approximate surface area is 76.5 Å². The molecular formula is C8H15NO4.